The molecule has 2 aromatic heterocycles. The fraction of sp³-hybridized carbons (Fsp3) is 0.348. The molecule has 0 unspecified atom stereocenters. The van der Waals surface area contributed by atoms with Gasteiger partial charge in [0, 0.05) is 42.7 Å². The number of benzene rings is 1. The fourth-order valence-corrected chi connectivity index (χ4v) is 3.95. The maximum Gasteiger partial charge on any atom is 0.132 e. The summed E-state index contributed by atoms with van der Waals surface area (Å²) in [7, 11) is 0. The van der Waals surface area contributed by atoms with Gasteiger partial charge in [-0.1, -0.05) is 18.2 Å². The fourth-order valence-electron chi connectivity index (χ4n) is 3.95. The Labute approximate surface area is 165 Å². The molecule has 0 N–H and O–H groups in total. The van der Waals surface area contributed by atoms with Crippen LogP contribution in [0.5, 0.6) is 0 Å². The number of aromatic nitrogens is 3. The van der Waals surface area contributed by atoms with E-state index in [9.17, 15) is 4.39 Å². The molecule has 0 amide bonds. The third-order valence-electron chi connectivity index (χ3n) is 5.26. The second-order valence-corrected chi connectivity index (χ2v) is 7.60. The minimum Gasteiger partial charge on any atom is -0.356 e. The summed E-state index contributed by atoms with van der Waals surface area (Å²) >= 11 is 0. The van der Waals surface area contributed by atoms with Crippen LogP contribution in [0.4, 0.5) is 10.2 Å². The molecule has 3 aromatic rings. The number of hydrogen-bond donors (Lipinski definition) is 0. The molecule has 3 heterocycles. The zero-order valence-electron chi connectivity index (χ0n) is 16.4. The van der Waals surface area contributed by atoms with Gasteiger partial charge in [0.15, 0.2) is 0 Å². The van der Waals surface area contributed by atoms with Crippen LogP contribution in [0.15, 0.2) is 48.7 Å². The molecule has 4 rings (SSSR count). The van der Waals surface area contributed by atoms with Gasteiger partial charge in [-0.05, 0) is 62.4 Å². The predicted molar refractivity (Wildman–Crippen MR) is 109 cm³/mol. The monoisotopic (exact) mass is 376 g/mol. The zero-order chi connectivity index (χ0) is 19.5. The van der Waals surface area contributed by atoms with Gasteiger partial charge in [0.25, 0.3) is 0 Å². The molecule has 5 heteroatoms. The summed E-state index contributed by atoms with van der Waals surface area (Å²) in [6, 6.07) is 13.1. The van der Waals surface area contributed by atoms with Crippen LogP contribution < -0.4 is 4.90 Å². The Balaban J connectivity index is 1.46. The second-order valence-electron chi connectivity index (χ2n) is 7.60. The first-order valence-corrected chi connectivity index (χ1v) is 9.83. The highest BCUT2D eigenvalue weighted by atomic mass is 19.1. The Hall–Kier alpha value is -2.82. The van der Waals surface area contributed by atoms with Crippen molar-refractivity contribution in [2.75, 3.05) is 18.0 Å². The SMILES string of the molecule is Cc1cc(N2CCC[C@@H](c3ccc(Cc4cccc(F)c4)cn3)C2)nc(C)n1. The van der Waals surface area contributed by atoms with Crippen LogP contribution in [0.1, 0.15) is 47.1 Å². The van der Waals surface area contributed by atoms with Crippen molar-refractivity contribution < 1.29 is 4.39 Å². The Kier molecular flexibility index (Phi) is 5.33. The molecule has 1 aromatic carbocycles. The quantitative estimate of drug-likeness (QED) is 0.667. The largest absolute Gasteiger partial charge is 0.356 e. The van der Waals surface area contributed by atoms with Crippen molar-refractivity contribution in [1.29, 1.82) is 0 Å². The summed E-state index contributed by atoms with van der Waals surface area (Å²) in [4.78, 5) is 16.1. The molecule has 1 aliphatic heterocycles. The molecule has 144 valence electrons. The highest BCUT2D eigenvalue weighted by molar-refractivity contribution is 5.41. The van der Waals surface area contributed by atoms with Crippen molar-refractivity contribution in [3.05, 3.63) is 82.8 Å². The molecule has 1 atom stereocenters. The van der Waals surface area contributed by atoms with Crippen molar-refractivity contribution in [3.63, 3.8) is 0 Å². The van der Waals surface area contributed by atoms with E-state index in [1.165, 1.54) is 6.07 Å². The number of anilines is 1. The average Bonchev–Trinajstić information content (AvgIpc) is 2.68. The first-order valence-electron chi connectivity index (χ1n) is 9.83. The van der Waals surface area contributed by atoms with E-state index in [0.717, 1.165) is 60.1 Å². The number of nitrogens with zero attached hydrogens (tertiary/aromatic N) is 4. The number of aryl methyl sites for hydroxylation is 2. The van der Waals surface area contributed by atoms with Crippen molar-refractivity contribution in [3.8, 4) is 0 Å². The van der Waals surface area contributed by atoms with Crippen molar-refractivity contribution >= 4 is 5.82 Å². The highest BCUT2D eigenvalue weighted by Crippen LogP contribution is 2.28. The lowest BCUT2D eigenvalue weighted by Crippen LogP contribution is -2.35. The molecule has 0 radical (unpaired) electrons. The lowest BCUT2D eigenvalue weighted by molar-refractivity contribution is 0.498. The van der Waals surface area contributed by atoms with Gasteiger partial charge in [0.05, 0.1) is 0 Å². The number of piperidine rings is 1. The van der Waals surface area contributed by atoms with Crippen LogP contribution in [0.2, 0.25) is 0 Å². The molecular formula is C23H25FN4. The molecule has 0 spiro atoms. The van der Waals surface area contributed by atoms with E-state index in [0.29, 0.717) is 12.3 Å². The molecule has 1 aliphatic rings. The molecule has 0 bridgehead atoms. The summed E-state index contributed by atoms with van der Waals surface area (Å²) in [5.41, 5.74) is 4.19. The maximum atomic E-state index is 13.4. The predicted octanol–water partition coefficient (Wildman–Crippen LogP) is 4.60. The number of halogens is 1. The molecule has 0 saturated carbocycles. The summed E-state index contributed by atoms with van der Waals surface area (Å²) in [5.74, 6) is 2.03. The third-order valence-corrected chi connectivity index (χ3v) is 5.26. The van der Waals surface area contributed by atoms with Gasteiger partial charge in [-0.3, -0.25) is 4.98 Å². The molecule has 1 fully saturated rings. The first-order chi connectivity index (χ1) is 13.6. The van der Waals surface area contributed by atoms with Gasteiger partial charge in [0.1, 0.15) is 17.5 Å². The maximum absolute atomic E-state index is 13.4. The second kappa shape index (κ2) is 8.05. The Morgan fingerprint density at radius 2 is 1.96 bits per heavy atom. The zero-order valence-corrected chi connectivity index (χ0v) is 16.4. The van der Waals surface area contributed by atoms with Gasteiger partial charge < -0.3 is 4.90 Å². The van der Waals surface area contributed by atoms with E-state index >= 15 is 0 Å². The van der Waals surface area contributed by atoms with Gasteiger partial charge in [-0.25, -0.2) is 14.4 Å². The smallest absolute Gasteiger partial charge is 0.132 e. The molecule has 28 heavy (non-hydrogen) atoms. The van der Waals surface area contributed by atoms with Crippen LogP contribution in [0, 0.1) is 19.7 Å². The Morgan fingerprint density at radius 3 is 2.71 bits per heavy atom. The van der Waals surface area contributed by atoms with E-state index in [2.05, 4.69) is 33.1 Å². The number of pyridine rings is 1. The molecular weight excluding hydrogens is 351 g/mol. The summed E-state index contributed by atoms with van der Waals surface area (Å²) in [5, 5.41) is 0. The van der Waals surface area contributed by atoms with Crippen LogP contribution >= 0.6 is 0 Å². The van der Waals surface area contributed by atoms with Crippen LogP contribution in [0.3, 0.4) is 0 Å². The molecule has 4 nitrogen and oxygen atoms in total. The third kappa shape index (κ3) is 4.35. The Bertz CT molecular complexity index is 935. The van der Waals surface area contributed by atoms with Crippen molar-refractivity contribution in [2.45, 2.75) is 39.0 Å². The first kappa shape index (κ1) is 18.5. The van der Waals surface area contributed by atoms with E-state index in [1.807, 2.05) is 26.1 Å². The van der Waals surface area contributed by atoms with Crippen molar-refractivity contribution in [1.82, 2.24) is 15.0 Å². The average molecular weight is 376 g/mol. The van der Waals surface area contributed by atoms with E-state index in [-0.39, 0.29) is 5.82 Å². The van der Waals surface area contributed by atoms with Gasteiger partial charge in [-0.15, -0.1) is 0 Å². The van der Waals surface area contributed by atoms with E-state index in [4.69, 9.17) is 4.98 Å². The summed E-state index contributed by atoms with van der Waals surface area (Å²) in [6.07, 6.45) is 4.88. The van der Waals surface area contributed by atoms with Gasteiger partial charge in [0.2, 0.25) is 0 Å². The minimum absolute atomic E-state index is 0.195. The van der Waals surface area contributed by atoms with E-state index in [1.54, 1.807) is 12.1 Å². The van der Waals surface area contributed by atoms with Crippen LogP contribution in [-0.2, 0) is 6.42 Å². The lowest BCUT2D eigenvalue weighted by atomic mass is 9.93. The van der Waals surface area contributed by atoms with Crippen LogP contribution in [0.25, 0.3) is 0 Å². The lowest BCUT2D eigenvalue weighted by Gasteiger charge is -2.33. The van der Waals surface area contributed by atoms with Gasteiger partial charge >= 0.3 is 0 Å². The number of rotatable bonds is 4. The highest BCUT2D eigenvalue weighted by Gasteiger charge is 2.23. The molecule has 0 aliphatic carbocycles. The summed E-state index contributed by atoms with van der Waals surface area (Å²) < 4.78 is 13.4. The van der Waals surface area contributed by atoms with Crippen molar-refractivity contribution in [2.24, 2.45) is 0 Å². The van der Waals surface area contributed by atoms with Crippen LogP contribution in [-0.4, -0.2) is 28.0 Å². The number of hydrogen-bond acceptors (Lipinski definition) is 4. The standard InChI is InChI=1S/C23H25FN4/c1-16-11-23(27-17(2)26-16)28-10-4-6-20(15-28)22-9-8-19(14-25-22)12-18-5-3-7-21(24)13-18/h3,5,7-9,11,13-14,20H,4,6,10,12,15H2,1-2H3/t20-/m1/s1. The van der Waals surface area contributed by atoms with Gasteiger partial charge in [-0.2, -0.15) is 0 Å². The topological polar surface area (TPSA) is 41.9 Å². The summed E-state index contributed by atoms with van der Waals surface area (Å²) in [6.45, 7) is 5.89. The van der Waals surface area contributed by atoms with E-state index < -0.39 is 0 Å². The normalized spacial score (nSPS) is 17.0. The minimum atomic E-state index is -0.195. The molecule has 1 saturated heterocycles. The Morgan fingerprint density at radius 1 is 1.07 bits per heavy atom.